The highest BCUT2D eigenvalue weighted by Crippen LogP contribution is 2.18. The van der Waals surface area contributed by atoms with E-state index in [1.165, 1.54) is 0 Å². The SMILES string of the molecule is CCOC(=O)c1ccccc1OCCN.Cl. The van der Waals surface area contributed by atoms with Crippen LogP contribution in [0, 0.1) is 0 Å². The Balaban J connectivity index is 0.00000225. The fourth-order valence-corrected chi connectivity index (χ4v) is 1.14. The van der Waals surface area contributed by atoms with Crippen LogP contribution in [0.5, 0.6) is 5.75 Å². The first-order valence-corrected chi connectivity index (χ1v) is 4.88. The number of halogens is 1. The lowest BCUT2D eigenvalue weighted by molar-refractivity contribution is 0.0522. The molecule has 0 fully saturated rings. The van der Waals surface area contributed by atoms with E-state index in [-0.39, 0.29) is 18.4 Å². The Morgan fingerprint density at radius 1 is 1.38 bits per heavy atom. The van der Waals surface area contributed by atoms with Crippen LogP contribution in [0.1, 0.15) is 17.3 Å². The molecule has 1 aromatic rings. The molecular weight excluding hydrogens is 230 g/mol. The van der Waals surface area contributed by atoms with Crippen molar-refractivity contribution in [2.24, 2.45) is 5.73 Å². The number of para-hydroxylation sites is 1. The lowest BCUT2D eigenvalue weighted by Crippen LogP contribution is -2.13. The van der Waals surface area contributed by atoms with Gasteiger partial charge in [-0.15, -0.1) is 12.4 Å². The van der Waals surface area contributed by atoms with Crippen molar-refractivity contribution in [2.45, 2.75) is 6.92 Å². The first kappa shape index (κ1) is 14.7. The molecule has 0 aromatic heterocycles. The summed E-state index contributed by atoms with van der Waals surface area (Å²) < 4.78 is 10.2. The van der Waals surface area contributed by atoms with Crippen molar-refractivity contribution in [1.82, 2.24) is 0 Å². The third-order valence-electron chi connectivity index (χ3n) is 1.76. The van der Waals surface area contributed by atoms with Gasteiger partial charge >= 0.3 is 5.97 Å². The highest BCUT2D eigenvalue weighted by atomic mass is 35.5. The molecule has 1 rings (SSSR count). The van der Waals surface area contributed by atoms with Gasteiger partial charge in [0.2, 0.25) is 0 Å². The van der Waals surface area contributed by atoms with Crippen LogP contribution in [0.15, 0.2) is 24.3 Å². The summed E-state index contributed by atoms with van der Waals surface area (Å²) in [4.78, 5) is 11.5. The fraction of sp³-hybridized carbons (Fsp3) is 0.364. The van der Waals surface area contributed by atoms with E-state index in [0.29, 0.717) is 31.1 Å². The molecule has 0 spiro atoms. The molecule has 4 nitrogen and oxygen atoms in total. The molecule has 16 heavy (non-hydrogen) atoms. The molecule has 2 N–H and O–H groups in total. The van der Waals surface area contributed by atoms with Gasteiger partial charge in [-0.2, -0.15) is 0 Å². The molecule has 0 unspecified atom stereocenters. The summed E-state index contributed by atoms with van der Waals surface area (Å²) in [5.41, 5.74) is 5.76. The Kier molecular flexibility index (Phi) is 7.33. The van der Waals surface area contributed by atoms with Crippen LogP contribution in [0.4, 0.5) is 0 Å². The zero-order chi connectivity index (χ0) is 11.1. The van der Waals surface area contributed by atoms with E-state index in [1.807, 2.05) is 0 Å². The van der Waals surface area contributed by atoms with Gasteiger partial charge in [0.05, 0.1) is 6.61 Å². The van der Waals surface area contributed by atoms with Crippen molar-refractivity contribution < 1.29 is 14.3 Å². The van der Waals surface area contributed by atoms with Crippen LogP contribution in [0.25, 0.3) is 0 Å². The Morgan fingerprint density at radius 3 is 2.69 bits per heavy atom. The average Bonchev–Trinajstić information content (AvgIpc) is 2.27. The van der Waals surface area contributed by atoms with Gasteiger partial charge in [0.15, 0.2) is 0 Å². The summed E-state index contributed by atoms with van der Waals surface area (Å²) in [5.74, 6) is 0.145. The first-order chi connectivity index (χ1) is 7.29. The maximum atomic E-state index is 11.5. The molecule has 0 saturated heterocycles. The van der Waals surface area contributed by atoms with Crippen molar-refractivity contribution in [3.05, 3.63) is 29.8 Å². The summed E-state index contributed by atoms with van der Waals surface area (Å²) in [7, 11) is 0. The van der Waals surface area contributed by atoms with Gasteiger partial charge in [0, 0.05) is 6.54 Å². The van der Waals surface area contributed by atoms with E-state index in [0.717, 1.165) is 0 Å². The van der Waals surface area contributed by atoms with E-state index < -0.39 is 0 Å². The summed E-state index contributed by atoms with van der Waals surface area (Å²) in [5, 5.41) is 0. The van der Waals surface area contributed by atoms with E-state index in [2.05, 4.69) is 0 Å². The third-order valence-corrected chi connectivity index (χ3v) is 1.76. The van der Waals surface area contributed by atoms with E-state index >= 15 is 0 Å². The van der Waals surface area contributed by atoms with E-state index in [4.69, 9.17) is 15.2 Å². The number of ether oxygens (including phenoxy) is 2. The summed E-state index contributed by atoms with van der Waals surface area (Å²) in [6, 6.07) is 6.96. The monoisotopic (exact) mass is 245 g/mol. The fourth-order valence-electron chi connectivity index (χ4n) is 1.14. The van der Waals surface area contributed by atoms with Gasteiger partial charge in [-0.05, 0) is 19.1 Å². The second-order valence-corrected chi connectivity index (χ2v) is 2.85. The average molecular weight is 246 g/mol. The van der Waals surface area contributed by atoms with Crippen molar-refractivity contribution in [2.75, 3.05) is 19.8 Å². The Labute approximate surface area is 101 Å². The molecule has 0 bridgehead atoms. The molecular formula is C11H16ClNO3. The predicted octanol–water partition coefficient (Wildman–Crippen LogP) is 1.62. The van der Waals surface area contributed by atoms with Crippen LogP contribution < -0.4 is 10.5 Å². The van der Waals surface area contributed by atoms with Crippen LogP contribution in [-0.4, -0.2) is 25.7 Å². The van der Waals surface area contributed by atoms with Crippen LogP contribution >= 0.6 is 12.4 Å². The lowest BCUT2D eigenvalue weighted by atomic mass is 10.2. The third kappa shape index (κ3) is 4.08. The van der Waals surface area contributed by atoms with Crippen LogP contribution in [-0.2, 0) is 4.74 Å². The van der Waals surface area contributed by atoms with Crippen LogP contribution in [0.2, 0.25) is 0 Å². The highest BCUT2D eigenvalue weighted by Gasteiger charge is 2.12. The summed E-state index contributed by atoms with van der Waals surface area (Å²) >= 11 is 0. The molecule has 0 aliphatic heterocycles. The maximum Gasteiger partial charge on any atom is 0.341 e. The number of carbonyl (C=O) groups excluding carboxylic acids is 1. The van der Waals surface area contributed by atoms with Crippen molar-refractivity contribution in [1.29, 1.82) is 0 Å². The minimum Gasteiger partial charge on any atom is -0.491 e. The zero-order valence-corrected chi connectivity index (χ0v) is 9.96. The minimum atomic E-state index is -0.370. The van der Waals surface area contributed by atoms with E-state index in [1.54, 1.807) is 31.2 Å². The Hall–Kier alpha value is -1.26. The molecule has 5 heteroatoms. The van der Waals surface area contributed by atoms with E-state index in [9.17, 15) is 4.79 Å². The molecule has 0 heterocycles. The van der Waals surface area contributed by atoms with Gasteiger partial charge < -0.3 is 15.2 Å². The zero-order valence-electron chi connectivity index (χ0n) is 9.14. The van der Waals surface area contributed by atoms with Gasteiger partial charge in [0.1, 0.15) is 17.9 Å². The number of hydrogen-bond donors (Lipinski definition) is 1. The standard InChI is InChI=1S/C11H15NO3.ClH/c1-2-14-11(13)9-5-3-4-6-10(9)15-8-7-12;/h3-6H,2,7-8,12H2,1H3;1H. The second kappa shape index (κ2) is 7.96. The maximum absolute atomic E-state index is 11.5. The number of esters is 1. The van der Waals surface area contributed by atoms with Gasteiger partial charge in [0.25, 0.3) is 0 Å². The number of hydrogen-bond acceptors (Lipinski definition) is 4. The molecule has 0 aliphatic rings. The molecule has 0 saturated carbocycles. The Morgan fingerprint density at radius 2 is 2.06 bits per heavy atom. The van der Waals surface area contributed by atoms with Crippen molar-refractivity contribution >= 4 is 18.4 Å². The number of nitrogens with two attached hydrogens (primary N) is 1. The van der Waals surface area contributed by atoms with Gasteiger partial charge in [-0.1, -0.05) is 12.1 Å². The van der Waals surface area contributed by atoms with Gasteiger partial charge in [-0.3, -0.25) is 0 Å². The van der Waals surface area contributed by atoms with Crippen molar-refractivity contribution in [3.8, 4) is 5.75 Å². The normalized spacial score (nSPS) is 9.12. The van der Waals surface area contributed by atoms with Crippen molar-refractivity contribution in [3.63, 3.8) is 0 Å². The number of rotatable bonds is 5. The first-order valence-electron chi connectivity index (χ1n) is 4.88. The largest absolute Gasteiger partial charge is 0.491 e. The molecule has 0 amide bonds. The second-order valence-electron chi connectivity index (χ2n) is 2.85. The molecule has 0 radical (unpaired) electrons. The summed E-state index contributed by atoms with van der Waals surface area (Å²) in [6.07, 6.45) is 0. The number of benzene rings is 1. The predicted molar refractivity (Wildman–Crippen MR) is 64.2 cm³/mol. The Bertz CT molecular complexity index is 331. The molecule has 1 aromatic carbocycles. The quantitative estimate of drug-likeness (QED) is 0.801. The summed E-state index contributed by atoms with van der Waals surface area (Å²) in [6.45, 7) is 2.92. The topological polar surface area (TPSA) is 61.5 Å². The molecule has 0 aliphatic carbocycles. The minimum absolute atomic E-state index is 0. The molecule has 0 atom stereocenters. The smallest absolute Gasteiger partial charge is 0.341 e. The lowest BCUT2D eigenvalue weighted by Gasteiger charge is -2.09. The highest BCUT2D eigenvalue weighted by molar-refractivity contribution is 5.92. The molecule has 90 valence electrons. The van der Waals surface area contributed by atoms with Crippen LogP contribution in [0.3, 0.4) is 0 Å². The number of carbonyl (C=O) groups is 1. The van der Waals surface area contributed by atoms with Gasteiger partial charge in [-0.25, -0.2) is 4.79 Å².